The van der Waals surface area contributed by atoms with E-state index in [2.05, 4.69) is 42.8 Å². The number of nitrogens with zero attached hydrogens (tertiary/aromatic N) is 2. The molecule has 1 N–H and O–H groups in total. The second kappa shape index (κ2) is 7.77. The van der Waals surface area contributed by atoms with Crippen molar-refractivity contribution in [2.24, 2.45) is 5.92 Å². The number of rotatable bonds is 5. The summed E-state index contributed by atoms with van der Waals surface area (Å²) in [6, 6.07) is 2.22. The van der Waals surface area contributed by atoms with Gasteiger partial charge in [-0.15, -0.1) is 0 Å². The molecule has 1 saturated carbocycles. The Hall–Kier alpha value is -0.120. The van der Waals surface area contributed by atoms with E-state index in [-0.39, 0.29) is 0 Å². The average Bonchev–Trinajstić information content (AvgIpc) is 2.48. The molecule has 2 fully saturated rings. The zero-order valence-corrected chi connectivity index (χ0v) is 14.1. The highest BCUT2D eigenvalue weighted by Gasteiger charge is 2.34. The van der Waals surface area contributed by atoms with Crippen LogP contribution in [0.4, 0.5) is 0 Å². The number of hydrogen-bond donors (Lipinski definition) is 1. The molecular formula is C17H35N3. The van der Waals surface area contributed by atoms with Gasteiger partial charge in [0.1, 0.15) is 0 Å². The molecule has 0 aromatic rings. The van der Waals surface area contributed by atoms with Crippen molar-refractivity contribution in [3.63, 3.8) is 0 Å². The molecule has 2 aliphatic rings. The summed E-state index contributed by atoms with van der Waals surface area (Å²) in [4.78, 5) is 5.41. The zero-order chi connectivity index (χ0) is 14.5. The molecule has 3 unspecified atom stereocenters. The van der Waals surface area contributed by atoms with Gasteiger partial charge in [0, 0.05) is 44.3 Å². The Morgan fingerprint density at radius 3 is 2.30 bits per heavy atom. The monoisotopic (exact) mass is 281 g/mol. The first-order valence-corrected chi connectivity index (χ1v) is 8.87. The molecule has 0 aromatic carbocycles. The van der Waals surface area contributed by atoms with Crippen LogP contribution >= 0.6 is 0 Å². The van der Waals surface area contributed by atoms with E-state index in [0.29, 0.717) is 6.04 Å². The summed E-state index contributed by atoms with van der Waals surface area (Å²) in [6.45, 7) is 15.4. The van der Waals surface area contributed by atoms with Crippen molar-refractivity contribution < 1.29 is 0 Å². The summed E-state index contributed by atoms with van der Waals surface area (Å²) in [5.74, 6) is 0.957. The van der Waals surface area contributed by atoms with Crippen molar-refractivity contribution in [1.82, 2.24) is 15.1 Å². The van der Waals surface area contributed by atoms with Crippen LogP contribution in [-0.4, -0.2) is 60.6 Å². The molecule has 118 valence electrons. The molecule has 2 rings (SSSR count). The normalized spacial score (nSPS) is 33.8. The lowest BCUT2D eigenvalue weighted by atomic mass is 9.80. The average molecular weight is 281 g/mol. The fourth-order valence-electron chi connectivity index (χ4n) is 4.09. The van der Waals surface area contributed by atoms with Gasteiger partial charge in [0.2, 0.25) is 0 Å². The van der Waals surface area contributed by atoms with Crippen molar-refractivity contribution in [3.8, 4) is 0 Å². The molecule has 0 radical (unpaired) electrons. The molecule has 0 spiro atoms. The molecule has 1 aliphatic carbocycles. The maximum absolute atomic E-state index is 3.76. The zero-order valence-electron chi connectivity index (χ0n) is 14.1. The van der Waals surface area contributed by atoms with Gasteiger partial charge in [0.15, 0.2) is 0 Å². The van der Waals surface area contributed by atoms with Crippen LogP contribution in [0.15, 0.2) is 0 Å². The molecule has 0 bridgehead atoms. The molecule has 0 amide bonds. The lowest BCUT2D eigenvalue weighted by Crippen LogP contribution is -2.59. The molecule has 3 atom stereocenters. The van der Waals surface area contributed by atoms with Crippen LogP contribution in [0, 0.1) is 5.92 Å². The number of piperazine rings is 1. The maximum atomic E-state index is 3.76. The van der Waals surface area contributed by atoms with E-state index >= 15 is 0 Å². The van der Waals surface area contributed by atoms with Crippen LogP contribution in [-0.2, 0) is 0 Å². The fourth-order valence-corrected chi connectivity index (χ4v) is 4.09. The van der Waals surface area contributed by atoms with Crippen LogP contribution in [0.1, 0.15) is 53.4 Å². The van der Waals surface area contributed by atoms with E-state index in [1.54, 1.807) is 0 Å². The molecule has 1 aliphatic heterocycles. The minimum absolute atomic E-state index is 0.705. The van der Waals surface area contributed by atoms with Gasteiger partial charge in [-0.2, -0.15) is 0 Å². The second-order valence-electron chi connectivity index (χ2n) is 6.98. The standard InChI is InChI=1S/C17H35N3/c1-5-15-7-8-16(18-6-2)17(13-15)20-11-9-19(10-12-20)14(3)4/h14-18H,5-13H2,1-4H3. The predicted octanol–water partition coefficient (Wildman–Crippen LogP) is 2.57. The summed E-state index contributed by atoms with van der Waals surface area (Å²) in [6.07, 6.45) is 5.58. The highest BCUT2D eigenvalue weighted by Crippen LogP contribution is 2.30. The molecular weight excluding hydrogens is 246 g/mol. The minimum atomic E-state index is 0.705. The Morgan fingerprint density at radius 1 is 1.05 bits per heavy atom. The first-order chi connectivity index (χ1) is 9.65. The molecule has 0 aromatic heterocycles. The van der Waals surface area contributed by atoms with Gasteiger partial charge in [-0.05, 0) is 45.6 Å². The fraction of sp³-hybridized carbons (Fsp3) is 1.00. The molecule has 3 nitrogen and oxygen atoms in total. The Bertz CT molecular complexity index is 271. The SMILES string of the molecule is CCNC1CCC(CC)CC1N1CCN(C(C)C)CC1. The quantitative estimate of drug-likeness (QED) is 0.835. The van der Waals surface area contributed by atoms with Crippen molar-refractivity contribution in [1.29, 1.82) is 0 Å². The van der Waals surface area contributed by atoms with Crippen molar-refractivity contribution in [2.45, 2.75) is 71.5 Å². The molecule has 3 heteroatoms. The third-order valence-corrected chi connectivity index (χ3v) is 5.52. The Kier molecular flexibility index (Phi) is 6.31. The van der Waals surface area contributed by atoms with Gasteiger partial charge < -0.3 is 5.32 Å². The van der Waals surface area contributed by atoms with Gasteiger partial charge in [-0.3, -0.25) is 9.80 Å². The van der Waals surface area contributed by atoms with Crippen LogP contribution < -0.4 is 5.32 Å². The van der Waals surface area contributed by atoms with Gasteiger partial charge in [-0.25, -0.2) is 0 Å². The van der Waals surface area contributed by atoms with Crippen molar-refractivity contribution >= 4 is 0 Å². The minimum Gasteiger partial charge on any atom is -0.313 e. The van der Waals surface area contributed by atoms with E-state index in [9.17, 15) is 0 Å². The van der Waals surface area contributed by atoms with E-state index in [1.165, 1.54) is 51.9 Å². The summed E-state index contributed by atoms with van der Waals surface area (Å²) in [5, 5.41) is 3.76. The maximum Gasteiger partial charge on any atom is 0.0253 e. The number of likely N-dealkylation sites (N-methyl/N-ethyl adjacent to an activating group) is 1. The number of hydrogen-bond acceptors (Lipinski definition) is 3. The first-order valence-electron chi connectivity index (χ1n) is 8.87. The third-order valence-electron chi connectivity index (χ3n) is 5.52. The van der Waals surface area contributed by atoms with E-state index < -0.39 is 0 Å². The van der Waals surface area contributed by atoms with Crippen molar-refractivity contribution in [3.05, 3.63) is 0 Å². The first kappa shape index (κ1) is 16.3. The molecule has 1 saturated heterocycles. The lowest BCUT2D eigenvalue weighted by molar-refractivity contribution is 0.0377. The lowest BCUT2D eigenvalue weighted by Gasteiger charge is -2.47. The molecule has 1 heterocycles. The van der Waals surface area contributed by atoms with Gasteiger partial charge in [0.05, 0.1) is 0 Å². The Morgan fingerprint density at radius 2 is 1.75 bits per heavy atom. The van der Waals surface area contributed by atoms with Gasteiger partial charge in [-0.1, -0.05) is 20.3 Å². The smallest absolute Gasteiger partial charge is 0.0253 e. The van der Waals surface area contributed by atoms with Crippen LogP contribution in [0.25, 0.3) is 0 Å². The second-order valence-corrected chi connectivity index (χ2v) is 6.98. The highest BCUT2D eigenvalue weighted by atomic mass is 15.3. The Balaban J connectivity index is 1.93. The summed E-state index contributed by atoms with van der Waals surface area (Å²) >= 11 is 0. The van der Waals surface area contributed by atoms with Crippen molar-refractivity contribution in [2.75, 3.05) is 32.7 Å². The van der Waals surface area contributed by atoms with E-state index in [1.807, 2.05) is 0 Å². The largest absolute Gasteiger partial charge is 0.313 e. The van der Waals surface area contributed by atoms with Crippen LogP contribution in [0.2, 0.25) is 0 Å². The van der Waals surface area contributed by atoms with E-state index in [4.69, 9.17) is 0 Å². The predicted molar refractivity (Wildman–Crippen MR) is 87.2 cm³/mol. The summed E-state index contributed by atoms with van der Waals surface area (Å²) in [7, 11) is 0. The third kappa shape index (κ3) is 3.96. The topological polar surface area (TPSA) is 18.5 Å². The van der Waals surface area contributed by atoms with Crippen LogP contribution in [0.5, 0.6) is 0 Å². The summed E-state index contributed by atoms with van der Waals surface area (Å²) < 4.78 is 0. The van der Waals surface area contributed by atoms with Crippen LogP contribution in [0.3, 0.4) is 0 Å². The summed E-state index contributed by atoms with van der Waals surface area (Å²) in [5.41, 5.74) is 0. The Labute approximate surface area is 126 Å². The number of nitrogens with one attached hydrogen (secondary N) is 1. The van der Waals surface area contributed by atoms with E-state index in [0.717, 1.165) is 24.5 Å². The highest BCUT2D eigenvalue weighted by molar-refractivity contribution is 4.92. The van der Waals surface area contributed by atoms with Gasteiger partial charge >= 0.3 is 0 Å². The van der Waals surface area contributed by atoms with Gasteiger partial charge in [0.25, 0.3) is 0 Å². The molecule has 20 heavy (non-hydrogen) atoms.